The van der Waals surface area contributed by atoms with E-state index >= 15 is 0 Å². The van der Waals surface area contributed by atoms with Crippen LogP contribution in [0.1, 0.15) is 31.5 Å². The van der Waals surface area contributed by atoms with Gasteiger partial charge in [-0.3, -0.25) is 9.97 Å². The van der Waals surface area contributed by atoms with Crippen LogP contribution in [-0.2, 0) is 10.0 Å². The van der Waals surface area contributed by atoms with Gasteiger partial charge in [0.1, 0.15) is 0 Å². The SMILES string of the molecule is CCS(=O)(=O)N1CCCC1c1cnccn1. The third kappa shape index (κ3) is 2.08. The average molecular weight is 241 g/mol. The van der Waals surface area contributed by atoms with Crippen LogP contribution in [0, 0.1) is 0 Å². The second kappa shape index (κ2) is 4.47. The lowest BCUT2D eigenvalue weighted by Crippen LogP contribution is -2.32. The van der Waals surface area contributed by atoms with Crippen LogP contribution in [-0.4, -0.2) is 35.0 Å². The predicted molar refractivity (Wildman–Crippen MR) is 60.2 cm³/mol. The largest absolute Gasteiger partial charge is 0.261 e. The highest BCUT2D eigenvalue weighted by Crippen LogP contribution is 2.32. The van der Waals surface area contributed by atoms with Gasteiger partial charge in [-0.2, -0.15) is 4.31 Å². The fraction of sp³-hybridized carbons (Fsp3) is 0.600. The van der Waals surface area contributed by atoms with E-state index < -0.39 is 10.0 Å². The second-order valence-electron chi connectivity index (χ2n) is 3.80. The Labute approximate surface area is 95.6 Å². The van der Waals surface area contributed by atoms with Crippen LogP contribution in [0.15, 0.2) is 18.6 Å². The molecule has 1 fully saturated rings. The fourth-order valence-electron chi connectivity index (χ4n) is 2.02. The minimum absolute atomic E-state index is 0.126. The van der Waals surface area contributed by atoms with Crippen molar-refractivity contribution >= 4 is 10.0 Å². The molecule has 6 heteroatoms. The van der Waals surface area contributed by atoms with E-state index in [1.807, 2.05) is 0 Å². The minimum atomic E-state index is -3.13. The predicted octanol–water partition coefficient (Wildman–Crippen LogP) is 0.963. The first-order chi connectivity index (χ1) is 7.65. The summed E-state index contributed by atoms with van der Waals surface area (Å²) in [6.45, 7) is 2.26. The van der Waals surface area contributed by atoms with Crippen LogP contribution in [0.5, 0.6) is 0 Å². The Kier molecular flexibility index (Phi) is 3.20. The van der Waals surface area contributed by atoms with Crippen molar-refractivity contribution in [3.63, 3.8) is 0 Å². The van der Waals surface area contributed by atoms with Gasteiger partial charge in [0, 0.05) is 18.9 Å². The van der Waals surface area contributed by atoms with Crippen molar-refractivity contribution in [1.29, 1.82) is 0 Å². The van der Waals surface area contributed by atoms with Gasteiger partial charge < -0.3 is 0 Å². The van der Waals surface area contributed by atoms with E-state index in [2.05, 4.69) is 9.97 Å². The van der Waals surface area contributed by atoms with Gasteiger partial charge in [0.05, 0.1) is 23.7 Å². The minimum Gasteiger partial charge on any atom is -0.261 e. The molecule has 0 bridgehead atoms. The zero-order valence-corrected chi connectivity index (χ0v) is 10.0. The van der Waals surface area contributed by atoms with Gasteiger partial charge in [-0.25, -0.2) is 8.42 Å². The van der Waals surface area contributed by atoms with E-state index in [0.717, 1.165) is 18.5 Å². The first-order valence-corrected chi connectivity index (χ1v) is 7.01. The number of sulfonamides is 1. The summed E-state index contributed by atoms with van der Waals surface area (Å²) in [7, 11) is -3.13. The Morgan fingerprint density at radius 1 is 1.50 bits per heavy atom. The molecule has 0 amide bonds. The van der Waals surface area contributed by atoms with E-state index in [9.17, 15) is 8.42 Å². The van der Waals surface area contributed by atoms with Gasteiger partial charge in [-0.05, 0) is 19.8 Å². The summed E-state index contributed by atoms with van der Waals surface area (Å²) in [5.41, 5.74) is 0.747. The lowest BCUT2D eigenvalue weighted by Gasteiger charge is -2.22. The monoisotopic (exact) mass is 241 g/mol. The van der Waals surface area contributed by atoms with Crippen LogP contribution in [0.4, 0.5) is 0 Å². The van der Waals surface area contributed by atoms with Gasteiger partial charge in [0.25, 0.3) is 0 Å². The average Bonchev–Trinajstić information content (AvgIpc) is 2.80. The molecule has 1 saturated heterocycles. The van der Waals surface area contributed by atoms with Crippen LogP contribution >= 0.6 is 0 Å². The molecule has 0 aliphatic carbocycles. The maximum atomic E-state index is 11.9. The molecule has 1 aliphatic heterocycles. The second-order valence-corrected chi connectivity index (χ2v) is 6.01. The Bertz CT molecular complexity index is 446. The smallest absolute Gasteiger partial charge is 0.214 e. The number of hydrogen-bond acceptors (Lipinski definition) is 4. The zero-order chi connectivity index (χ0) is 11.6. The molecule has 88 valence electrons. The molecule has 1 atom stereocenters. The highest BCUT2D eigenvalue weighted by atomic mass is 32.2. The topological polar surface area (TPSA) is 63.2 Å². The summed E-state index contributed by atoms with van der Waals surface area (Å²) in [5, 5.41) is 0. The Balaban J connectivity index is 2.29. The van der Waals surface area contributed by atoms with Crippen molar-refractivity contribution in [2.24, 2.45) is 0 Å². The molecule has 0 saturated carbocycles. The maximum Gasteiger partial charge on any atom is 0.214 e. The third-order valence-corrected chi connectivity index (χ3v) is 4.73. The highest BCUT2D eigenvalue weighted by Gasteiger charge is 2.34. The van der Waals surface area contributed by atoms with Crippen molar-refractivity contribution in [3.8, 4) is 0 Å². The van der Waals surface area contributed by atoms with Crippen LogP contribution < -0.4 is 0 Å². The van der Waals surface area contributed by atoms with Crippen molar-refractivity contribution in [3.05, 3.63) is 24.3 Å². The molecule has 0 aromatic carbocycles. The lowest BCUT2D eigenvalue weighted by molar-refractivity contribution is 0.390. The third-order valence-electron chi connectivity index (χ3n) is 2.85. The van der Waals surface area contributed by atoms with Crippen LogP contribution in [0.25, 0.3) is 0 Å². The van der Waals surface area contributed by atoms with E-state index in [4.69, 9.17) is 0 Å². The summed E-state index contributed by atoms with van der Waals surface area (Å²) < 4.78 is 25.3. The van der Waals surface area contributed by atoms with E-state index in [-0.39, 0.29) is 11.8 Å². The van der Waals surface area contributed by atoms with E-state index in [0.29, 0.717) is 6.54 Å². The molecule has 2 rings (SSSR count). The summed E-state index contributed by atoms with van der Waals surface area (Å²) in [6, 6.07) is -0.126. The standard InChI is InChI=1S/C10H15N3O2S/c1-2-16(14,15)13-7-3-4-10(13)9-8-11-5-6-12-9/h5-6,8,10H,2-4,7H2,1H3. The summed E-state index contributed by atoms with van der Waals surface area (Å²) in [6.07, 6.45) is 6.56. The molecule has 5 nitrogen and oxygen atoms in total. The molecule has 1 aromatic rings. The first kappa shape index (κ1) is 11.5. The Morgan fingerprint density at radius 2 is 2.31 bits per heavy atom. The van der Waals surface area contributed by atoms with Crippen molar-refractivity contribution in [1.82, 2.24) is 14.3 Å². The molecule has 1 unspecified atom stereocenters. The van der Waals surface area contributed by atoms with Gasteiger partial charge in [0.2, 0.25) is 10.0 Å². The van der Waals surface area contributed by atoms with Crippen LogP contribution in [0.3, 0.4) is 0 Å². The number of aromatic nitrogens is 2. The van der Waals surface area contributed by atoms with Crippen molar-refractivity contribution in [2.45, 2.75) is 25.8 Å². The molecule has 2 heterocycles. The normalized spacial score (nSPS) is 22.4. The van der Waals surface area contributed by atoms with Crippen molar-refractivity contribution < 1.29 is 8.42 Å². The van der Waals surface area contributed by atoms with E-state index in [1.165, 1.54) is 0 Å². The summed E-state index contributed by atoms with van der Waals surface area (Å²) >= 11 is 0. The molecule has 1 aliphatic rings. The van der Waals surface area contributed by atoms with Gasteiger partial charge >= 0.3 is 0 Å². The van der Waals surface area contributed by atoms with Gasteiger partial charge in [0.15, 0.2) is 0 Å². The fourth-order valence-corrected chi connectivity index (χ4v) is 3.36. The highest BCUT2D eigenvalue weighted by molar-refractivity contribution is 7.89. The maximum absolute atomic E-state index is 11.9. The van der Waals surface area contributed by atoms with Crippen molar-refractivity contribution in [2.75, 3.05) is 12.3 Å². The summed E-state index contributed by atoms with van der Waals surface area (Å²) in [4.78, 5) is 8.18. The number of nitrogens with zero attached hydrogens (tertiary/aromatic N) is 3. The van der Waals surface area contributed by atoms with Gasteiger partial charge in [-0.1, -0.05) is 0 Å². The molecule has 1 aromatic heterocycles. The summed E-state index contributed by atoms with van der Waals surface area (Å²) in [5.74, 6) is 0.143. The van der Waals surface area contributed by atoms with Crippen LogP contribution in [0.2, 0.25) is 0 Å². The van der Waals surface area contributed by atoms with Gasteiger partial charge in [-0.15, -0.1) is 0 Å². The first-order valence-electron chi connectivity index (χ1n) is 5.40. The molecule has 0 radical (unpaired) electrons. The molecular weight excluding hydrogens is 226 g/mol. The Hall–Kier alpha value is -1.01. The molecular formula is C10H15N3O2S. The molecule has 0 N–H and O–H groups in total. The lowest BCUT2D eigenvalue weighted by atomic mass is 10.2. The number of rotatable bonds is 3. The number of hydrogen-bond donors (Lipinski definition) is 0. The molecule has 16 heavy (non-hydrogen) atoms. The quantitative estimate of drug-likeness (QED) is 0.791. The molecule has 0 spiro atoms. The Morgan fingerprint density at radius 3 is 2.94 bits per heavy atom. The zero-order valence-electron chi connectivity index (χ0n) is 9.20. The van der Waals surface area contributed by atoms with E-state index in [1.54, 1.807) is 29.8 Å².